The van der Waals surface area contributed by atoms with Gasteiger partial charge in [-0.1, -0.05) is 24.3 Å². The molecule has 1 rings (SSSR count). The minimum Gasteiger partial charge on any atom is -0.351 e. The average Bonchev–Trinajstić information content (AvgIpc) is 2.28. The first-order valence-electron chi connectivity index (χ1n) is 6.50. The topological polar surface area (TPSA) is 55.1 Å². The molecule has 3 nitrogen and oxygen atoms in total. The fourth-order valence-corrected chi connectivity index (χ4v) is 2.03. The van der Waals surface area contributed by atoms with Crippen molar-refractivity contribution in [3.63, 3.8) is 0 Å². The molecule has 0 fully saturated rings. The maximum absolute atomic E-state index is 11.7. The number of hydrogen-bond donors (Lipinski definition) is 2. The fourth-order valence-electron chi connectivity index (χ4n) is 2.03. The van der Waals surface area contributed by atoms with Crippen LogP contribution in [-0.2, 0) is 11.2 Å². The summed E-state index contributed by atoms with van der Waals surface area (Å²) < 4.78 is 0. The molecule has 3 N–H and O–H groups in total. The Bertz CT molecular complexity index is 399. The lowest BCUT2D eigenvalue weighted by Gasteiger charge is -2.27. The van der Waals surface area contributed by atoms with E-state index in [1.165, 1.54) is 11.1 Å². The predicted octanol–water partition coefficient (Wildman–Crippen LogP) is 2.17. The molecule has 0 saturated carbocycles. The molecule has 1 aromatic carbocycles. The molecule has 0 atom stereocenters. The monoisotopic (exact) mass is 248 g/mol. The van der Waals surface area contributed by atoms with E-state index in [1.54, 1.807) is 0 Å². The van der Waals surface area contributed by atoms with Crippen molar-refractivity contribution in [3.05, 3.63) is 35.4 Å². The van der Waals surface area contributed by atoms with E-state index in [0.29, 0.717) is 13.0 Å². The molecule has 0 radical (unpaired) electrons. The van der Waals surface area contributed by atoms with Gasteiger partial charge in [-0.15, -0.1) is 0 Å². The van der Waals surface area contributed by atoms with Crippen LogP contribution < -0.4 is 11.1 Å². The zero-order chi connectivity index (χ0) is 13.6. The lowest BCUT2D eigenvalue weighted by atomic mass is 9.92. The highest BCUT2D eigenvalue weighted by Crippen LogP contribution is 2.16. The van der Waals surface area contributed by atoms with Gasteiger partial charge in [-0.25, -0.2) is 0 Å². The van der Waals surface area contributed by atoms with Gasteiger partial charge in [-0.2, -0.15) is 0 Å². The molecule has 0 bridgehead atoms. The number of nitrogens with one attached hydrogen (secondary N) is 1. The summed E-state index contributed by atoms with van der Waals surface area (Å²) in [5, 5.41) is 3.07. The van der Waals surface area contributed by atoms with E-state index >= 15 is 0 Å². The number of hydrogen-bond acceptors (Lipinski definition) is 2. The molecule has 0 saturated heterocycles. The van der Waals surface area contributed by atoms with Gasteiger partial charge in [0, 0.05) is 12.0 Å². The number of aryl methyl sites for hydroxylation is 1. The van der Waals surface area contributed by atoms with Gasteiger partial charge >= 0.3 is 0 Å². The van der Waals surface area contributed by atoms with Crippen molar-refractivity contribution in [1.29, 1.82) is 0 Å². The maximum Gasteiger partial charge on any atom is 0.220 e. The van der Waals surface area contributed by atoms with Gasteiger partial charge in [-0.3, -0.25) is 4.79 Å². The second kappa shape index (κ2) is 6.55. The lowest BCUT2D eigenvalue weighted by molar-refractivity contribution is -0.122. The van der Waals surface area contributed by atoms with Crippen LogP contribution in [0.15, 0.2) is 24.3 Å². The summed E-state index contributed by atoms with van der Waals surface area (Å²) in [6, 6.07) is 8.28. The van der Waals surface area contributed by atoms with Crippen molar-refractivity contribution in [2.24, 2.45) is 5.73 Å². The summed E-state index contributed by atoms with van der Waals surface area (Å²) in [5.74, 6) is 0.0824. The van der Waals surface area contributed by atoms with Crippen LogP contribution >= 0.6 is 0 Å². The number of carbonyl (C=O) groups excluding carboxylic acids is 1. The van der Waals surface area contributed by atoms with E-state index < -0.39 is 0 Å². The Morgan fingerprint density at radius 1 is 1.33 bits per heavy atom. The third-order valence-corrected chi connectivity index (χ3v) is 2.98. The molecule has 1 amide bonds. The van der Waals surface area contributed by atoms with Gasteiger partial charge in [0.1, 0.15) is 0 Å². The molecule has 1 aromatic rings. The molecule has 0 aromatic heterocycles. The summed E-state index contributed by atoms with van der Waals surface area (Å²) in [6.45, 7) is 6.77. The van der Waals surface area contributed by atoms with Crippen molar-refractivity contribution >= 4 is 5.91 Å². The number of benzene rings is 1. The van der Waals surface area contributed by atoms with Crippen LogP contribution in [0, 0.1) is 6.92 Å². The molecule has 3 heteroatoms. The van der Waals surface area contributed by atoms with E-state index in [-0.39, 0.29) is 11.4 Å². The first-order chi connectivity index (χ1) is 8.44. The Balaban J connectivity index is 2.59. The van der Waals surface area contributed by atoms with Gasteiger partial charge in [0.25, 0.3) is 0 Å². The molecule has 0 unspecified atom stereocenters. The number of amides is 1. The van der Waals surface area contributed by atoms with Crippen LogP contribution in [0.2, 0.25) is 0 Å². The van der Waals surface area contributed by atoms with E-state index in [2.05, 4.69) is 38.2 Å². The predicted molar refractivity (Wildman–Crippen MR) is 75.4 cm³/mol. The molecule has 0 aliphatic rings. The molecule has 100 valence electrons. The molecular weight excluding hydrogens is 224 g/mol. The average molecular weight is 248 g/mol. The third-order valence-electron chi connectivity index (χ3n) is 2.98. The smallest absolute Gasteiger partial charge is 0.220 e. The Hall–Kier alpha value is -1.35. The third kappa shape index (κ3) is 4.88. The Morgan fingerprint density at radius 2 is 2.00 bits per heavy atom. The number of nitrogens with two attached hydrogens (primary N) is 1. The van der Waals surface area contributed by atoms with Gasteiger partial charge < -0.3 is 11.1 Å². The number of rotatable bonds is 6. The minimum absolute atomic E-state index is 0.0824. The summed E-state index contributed by atoms with van der Waals surface area (Å²) >= 11 is 0. The van der Waals surface area contributed by atoms with E-state index in [0.717, 1.165) is 12.8 Å². The van der Waals surface area contributed by atoms with Crippen LogP contribution in [0.3, 0.4) is 0 Å². The van der Waals surface area contributed by atoms with Crippen molar-refractivity contribution < 1.29 is 4.79 Å². The van der Waals surface area contributed by atoms with E-state index in [1.807, 2.05) is 12.1 Å². The highest BCUT2D eigenvalue weighted by molar-refractivity contribution is 5.76. The summed E-state index contributed by atoms with van der Waals surface area (Å²) in [5.41, 5.74) is 7.72. The maximum atomic E-state index is 11.7. The van der Waals surface area contributed by atoms with E-state index in [9.17, 15) is 4.79 Å². The second-order valence-corrected chi connectivity index (χ2v) is 5.43. The van der Waals surface area contributed by atoms with Crippen LogP contribution in [0.25, 0.3) is 0 Å². The lowest BCUT2D eigenvalue weighted by Crippen LogP contribution is -2.45. The molecule has 0 aliphatic carbocycles. The Labute approximate surface area is 110 Å². The van der Waals surface area contributed by atoms with Crippen molar-refractivity contribution in [3.8, 4) is 0 Å². The largest absolute Gasteiger partial charge is 0.351 e. The van der Waals surface area contributed by atoms with Crippen LogP contribution in [-0.4, -0.2) is 18.0 Å². The minimum atomic E-state index is -0.224. The van der Waals surface area contributed by atoms with Gasteiger partial charge in [0.15, 0.2) is 0 Å². The second-order valence-electron chi connectivity index (χ2n) is 5.43. The molecule has 18 heavy (non-hydrogen) atoms. The zero-order valence-electron chi connectivity index (χ0n) is 11.6. The van der Waals surface area contributed by atoms with Crippen molar-refractivity contribution in [2.75, 3.05) is 6.54 Å². The van der Waals surface area contributed by atoms with Crippen LogP contribution in [0.1, 0.15) is 37.8 Å². The summed E-state index contributed by atoms with van der Waals surface area (Å²) in [6.07, 6.45) is 2.09. The molecule has 0 aliphatic heterocycles. The Kier molecular flexibility index (Phi) is 5.35. The van der Waals surface area contributed by atoms with Gasteiger partial charge in [0.2, 0.25) is 5.91 Å². The summed E-state index contributed by atoms with van der Waals surface area (Å²) in [4.78, 5) is 11.7. The molecular formula is C15H24N2O. The molecule has 0 spiro atoms. The van der Waals surface area contributed by atoms with Crippen LogP contribution in [0.4, 0.5) is 0 Å². The van der Waals surface area contributed by atoms with Crippen LogP contribution in [0.5, 0.6) is 0 Å². The molecule has 0 heterocycles. The standard InChI is InChI=1S/C15H24N2O/c1-12-7-4-5-8-13(12)11-15(2,3)17-14(18)9-6-10-16/h4-5,7-8H,6,9-11,16H2,1-3H3,(H,17,18). The Morgan fingerprint density at radius 3 is 2.61 bits per heavy atom. The van der Waals surface area contributed by atoms with Gasteiger partial charge in [0.05, 0.1) is 0 Å². The summed E-state index contributed by atoms with van der Waals surface area (Å²) in [7, 11) is 0. The van der Waals surface area contributed by atoms with E-state index in [4.69, 9.17) is 5.73 Å². The van der Waals surface area contributed by atoms with Crippen molar-refractivity contribution in [2.45, 2.75) is 45.6 Å². The SMILES string of the molecule is Cc1ccccc1CC(C)(C)NC(=O)CCCN. The first kappa shape index (κ1) is 14.7. The normalized spacial score (nSPS) is 11.3. The highest BCUT2D eigenvalue weighted by Gasteiger charge is 2.21. The van der Waals surface area contributed by atoms with Gasteiger partial charge in [-0.05, 0) is 51.3 Å². The fraction of sp³-hybridized carbons (Fsp3) is 0.533. The number of carbonyl (C=O) groups is 1. The van der Waals surface area contributed by atoms with Crippen molar-refractivity contribution in [1.82, 2.24) is 5.32 Å². The first-order valence-corrected chi connectivity index (χ1v) is 6.50. The quantitative estimate of drug-likeness (QED) is 0.810. The zero-order valence-corrected chi connectivity index (χ0v) is 11.6. The highest BCUT2D eigenvalue weighted by atomic mass is 16.1.